The summed E-state index contributed by atoms with van der Waals surface area (Å²) in [4.78, 5) is 9.19. The van der Waals surface area contributed by atoms with E-state index in [0.29, 0.717) is 18.7 Å². The lowest BCUT2D eigenvalue weighted by molar-refractivity contribution is 0.291. The molecule has 0 bridgehead atoms. The highest BCUT2D eigenvalue weighted by molar-refractivity contribution is 6.11. The van der Waals surface area contributed by atoms with Gasteiger partial charge in [0.2, 0.25) is 0 Å². The summed E-state index contributed by atoms with van der Waals surface area (Å²) in [7, 11) is 1.50. The molecule has 162 valence electrons. The molecule has 7 heteroatoms. The van der Waals surface area contributed by atoms with Gasteiger partial charge in [0.25, 0.3) is 0 Å². The van der Waals surface area contributed by atoms with Crippen molar-refractivity contribution in [2.24, 2.45) is 21.9 Å². The zero-order valence-electron chi connectivity index (χ0n) is 18.5. The smallest absolute Gasteiger partial charge is 0.184 e. The van der Waals surface area contributed by atoms with E-state index in [1.54, 1.807) is 12.3 Å². The highest BCUT2D eigenvalue weighted by atomic mass is 16.5. The number of nitrogens with two attached hydrogens (primary N) is 3. The van der Waals surface area contributed by atoms with Gasteiger partial charge in [-0.1, -0.05) is 18.2 Å². The van der Waals surface area contributed by atoms with Crippen molar-refractivity contribution in [1.29, 1.82) is 5.26 Å². The molecule has 0 unspecified atom stereocenters. The van der Waals surface area contributed by atoms with Gasteiger partial charge in [-0.3, -0.25) is 9.98 Å². The van der Waals surface area contributed by atoms with Crippen LogP contribution in [-0.4, -0.2) is 24.9 Å². The first-order valence-corrected chi connectivity index (χ1v) is 9.93. The van der Waals surface area contributed by atoms with Crippen molar-refractivity contribution in [2.45, 2.75) is 27.2 Å². The van der Waals surface area contributed by atoms with Crippen LogP contribution >= 0.6 is 0 Å². The molecule has 0 aliphatic rings. The Balaban J connectivity index is 2.40. The van der Waals surface area contributed by atoms with Crippen LogP contribution in [0.1, 0.15) is 37.1 Å². The highest BCUT2D eigenvalue weighted by Crippen LogP contribution is 2.30. The van der Waals surface area contributed by atoms with E-state index in [9.17, 15) is 0 Å². The third-order valence-electron chi connectivity index (χ3n) is 4.82. The predicted molar refractivity (Wildman–Crippen MR) is 128 cm³/mol. The average molecular weight is 419 g/mol. The molecule has 0 atom stereocenters. The van der Waals surface area contributed by atoms with E-state index in [1.807, 2.05) is 51.1 Å². The zero-order chi connectivity index (χ0) is 23.0. The average Bonchev–Trinajstić information content (AvgIpc) is 2.75. The normalized spacial score (nSPS) is 12.7. The summed E-state index contributed by atoms with van der Waals surface area (Å²) >= 11 is 0. The number of nitriles is 1. The number of aryl methyl sites for hydroxylation is 1. The zero-order valence-corrected chi connectivity index (χ0v) is 18.5. The van der Waals surface area contributed by atoms with Gasteiger partial charge in [0.1, 0.15) is 0 Å². The number of benzene rings is 1. The molecule has 0 radical (unpaired) electrons. The van der Waals surface area contributed by atoms with E-state index < -0.39 is 5.41 Å². The molecule has 6 N–H and O–H groups in total. The summed E-state index contributed by atoms with van der Waals surface area (Å²) in [6.45, 7) is 6.25. The topological polar surface area (TPSA) is 136 Å². The first-order chi connectivity index (χ1) is 14.7. The number of methoxy groups -OCH3 is 1. The van der Waals surface area contributed by atoms with Crippen molar-refractivity contribution in [1.82, 2.24) is 4.98 Å². The molecule has 1 aromatic carbocycles. The SMILES string of the molecule is CO/C(N)=C/c1ccc(-c2nc(C)ccc2/C(C=NCCC(C)(C)C#N)=C/N)cc1N. The second-order valence-corrected chi connectivity index (χ2v) is 7.85. The Labute approximate surface area is 183 Å². The summed E-state index contributed by atoms with van der Waals surface area (Å²) in [6.07, 6.45) is 5.56. The van der Waals surface area contributed by atoms with E-state index in [2.05, 4.69) is 11.1 Å². The number of aromatic nitrogens is 1. The van der Waals surface area contributed by atoms with Crippen molar-refractivity contribution in [3.63, 3.8) is 0 Å². The van der Waals surface area contributed by atoms with Gasteiger partial charge in [-0.2, -0.15) is 5.26 Å². The molecule has 2 rings (SSSR count). The van der Waals surface area contributed by atoms with Crippen LogP contribution in [0, 0.1) is 23.7 Å². The van der Waals surface area contributed by atoms with Gasteiger partial charge < -0.3 is 21.9 Å². The summed E-state index contributed by atoms with van der Waals surface area (Å²) < 4.78 is 5.00. The number of nitrogen functional groups attached to an aromatic ring is 1. The monoisotopic (exact) mass is 418 g/mol. The molecule has 7 nitrogen and oxygen atoms in total. The van der Waals surface area contributed by atoms with Crippen LogP contribution < -0.4 is 17.2 Å². The molecule has 31 heavy (non-hydrogen) atoms. The van der Waals surface area contributed by atoms with Crippen LogP contribution in [0.2, 0.25) is 0 Å². The fraction of sp³-hybridized carbons (Fsp3) is 0.292. The largest absolute Gasteiger partial charge is 0.483 e. The summed E-state index contributed by atoms with van der Waals surface area (Å²) in [5.41, 5.74) is 22.8. The van der Waals surface area contributed by atoms with E-state index in [0.717, 1.165) is 33.7 Å². The minimum atomic E-state index is -0.416. The molecule has 0 saturated carbocycles. The Bertz CT molecular complexity index is 1060. The number of aliphatic imine (C=N–C) groups is 1. The van der Waals surface area contributed by atoms with Crippen LogP contribution in [0.4, 0.5) is 5.69 Å². The molecule has 0 aliphatic heterocycles. The second-order valence-electron chi connectivity index (χ2n) is 7.85. The lowest BCUT2D eigenvalue weighted by Crippen LogP contribution is -2.09. The van der Waals surface area contributed by atoms with Crippen LogP contribution in [-0.2, 0) is 4.74 Å². The van der Waals surface area contributed by atoms with Crippen LogP contribution in [0.5, 0.6) is 0 Å². The van der Waals surface area contributed by atoms with Gasteiger partial charge in [0.15, 0.2) is 5.88 Å². The number of pyridine rings is 1. The fourth-order valence-corrected chi connectivity index (χ4v) is 2.84. The number of rotatable bonds is 8. The Morgan fingerprint density at radius 2 is 2.03 bits per heavy atom. The van der Waals surface area contributed by atoms with Gasteiger partial charge in [-0.05, 0) is 39.3 Å². The lowest BCUT2D eigenvalue weighted by atomic mass is 9.92. The Morgan fingerprint density at radius 1 is 1.29 bits per heavy atom. The number of nitrogens with zero attached hydrogens (tertiary/aromatic N) is 3. The summed E-state index contributed by atoms with van der Waals surface area (Å²) in [6, 6.07) is 11.8. The maximum absolute atomic E-state index is 9.15. The third-order valence-corrected chi connectivity index (χ3v) is 4.82. The van der Waals surface area contributed by atoms with Gasteiger partial charge in [0.05, 0.1) is 24.3 Å². The van der Waals surface area contributed by atoms with Gasteiger partial charge >= 0.3 is 0 Å². The van der Waals surface area contributed by atoms with Crippen LogP contribution in [0.15, 0.2) is 47.4 Å². The molecule has 2 aromatic rings. The van der Waals surface area contributed by atoms with Crippen LogP contribution in [0.25, 0.3) is 22.9 Å². The van der Waals surface area contributed by atoms with Crippen molar-refractivity contribution < 1.29 is 4.74 Å². The molecule has 1 aromatic heterocycles. The van der Waals surface area contributed by atoms with Gasteiger partial charge in [-0.15, -0.1) is 0 Å². The lowest BCUT2D eigenvalue weighted by Gasteiger charge is -2.13. The van der Waals surface area contributed by atoms with Crippen molar-refractivity contribution in [3.8, 4) is 17.3 Å². The van der Waals surface area contributed by atoms with Crippen molar-refractivity contribution >= 4 is 23.6 Å². The van der Waals surface area contributed by atoms with Crippen molar-refractivity contribution in [2.75, 3.05) is 19.4 Å². The molecule has 0 saturated heterocycles. The number of ether oxygens (including phenoxy) is 1. The predicted octanol–water partition coefficient (Wildman–Crippen LogP) is 3.85. The number of hydrogen-bond acceptors (Lipinski definition) is 7. The molecule has 0 aliphatic carbocycles. The Hall–Kier alpha value is -3.79. The molecule has 1 heterocycles. The van der Waals surface area contributed by atoms with E-state index in [4.69, 9.17) is 32.2 Å². The summed E-state index contributed by atoms with van der Waals surface area (Å²) in [5, 5.41) is 9.15. The van der Waals surface area contributed by atoms with E-state index in [1.165, 1.54) is 13.3 Å². The van der Waals surface area contributed by atoms with Gasteiger partial charge in [-0.25, -0.2) is 0 Å². The maximum Gasteiger partial charge on any atom is 0.184 e. The number of allylic oxidation sites excluding steroid dienone is 1. The highest BCUT2D eigenvalue weighted by Gasteiger charge is 2.16. The maximum atomic E-state index is 9.15. The second kappa shape index (κ2) is 10.3. The van der Waals surface area contributed by atoms with Gasteiger partial charge in [0, 0.05) is 58.7 Å². The number of anilines is 1. The first-order valence-electron chi connectivity index (χ1n) is 9.93. The van der Waals surface area contributed by atoms with Crippen molar-refractivity contribution in [3.05, 3.63) is 59.2 Å². The third kappa shape index (κ3) is 6.34. The van der Waals surface area contributed by atoms with E-state index >= 15 is 0 Å². The molecule has 0 spiro atoms. The Morgan fingerprint density at radius 3 is 2.65 bits per heavy atom. The molecular weight excluding hydrogens is 388 g/mol. The Kier molecular flexibility index (Phi) is 7.81. The minimum absolute atomic E-state index is 0.276. The molecular formula is C24H30N6O. The quantitative estimate of drug-likeness (QED) is 0.338. The first kappa shape index (κ1) is 23.5. The standard InChI is InChI=1S/C24H30N6O/c1-16-5-8-20(19(13-25)14-29-10-9-24(2,3)15-26)23(30-16)18-7-6-17(21(27)11-18)12-22(28)31-4/h5-8,11-14H,9-10,25,27-28H2,1-4H3/b19-13+,22-12+,29-14?. The molecule has 0 fully saturated rings. The number of hydrogen-bond donors (Lipinski definition) is 3. The minimum Gasteiger partial charge on any atom is -0.483 e. The molecule has 0 amide bonds. The summed E-state index contributed by atoms with van der Waals surface area (Å²) in [5.74, 6) is 0.276. The van der Waals surface area contributed by atoms with Crippen LogP contribution in [0.3, 0.4) is 0 Å². The fourth-order valence-electron chi connectivity index (χ4n) is 2.84. The van der Waals surface area contributed by atoms with E-state index in [-0.39, 0.29) is 5.88 Å².